The Bertz CT molecular complexity index is 1100. The van der Waals surface area contributed by atoms with E-state index in [1.54, 1.807) is 19.1 Å². The van der Waals surface area contributed by atoms with Gasteiger partial charge in [-0.25, -0.2) is 19.0 Å². The third-order valence-corrected chi connectivity index (χ3v) is 4.41. The summed E-state index contributed by atoms with van der Waals surface area (Å²) in [4.78, 5) is 32.6. The average molecular weight is 434 g/mol. The van der Waals surface area contributed by atoms with E-state index in [1.165, 1.54) is 0 Å². The Kier molecular flexibility index (Phi) is 5.31. The number of carbonyl (C=O) groups is 1. The van der Waals surface area contributed by atoms with Crippen LogP contribution in [0.1, 0.15) is 31.3 Å². The number of aryl methyl sites for hydroxylation is 1. The van der Waals surface area contributed by atoms with Crippen LogP contribution in [0.4, 0.5) is 10.2 Å². The van der Waals surface area contributed by atoms with Gasteiger partial charge in [-0.3, -0.25) is 9.59 Å². The molecule has 3 rings (SSSR count). The van der Waals surface area contributed by atoms with Crippen LogP contribution < -0.4 is 10.9 Å². The van der Waals surface area contributed by atoms with Crippen LogP contribution >= 0.6 is 15.9 Å². The number of hydrogen-bond donors (Lipinski definition) is 1. The maximum Gasteiger partial charge on any atom is 0.275 e. The molecular weight excluding hydrogens is 417 g/mol. The van der Waals surface area contributed by atoms with E-state index >= 15 is 0 Å². The van der Waals surface area contributed by atoms with Gasteiger partial charge in [0.25, 0.3) is 5.56 Å². The number of fused-ring (bicyclic) bond motifs is 1. The first kappa shape index (κ1) is 19.1. The Morgan fingerprint density at radius 2 is 2.07 bits per heavy atom. The summed E-state index contributed by atoms with van der Waals surface area (Å²) < 4.78 is 15.7. The highest BCUT2D eigenvalue weighted by Crippen LogP contribution is 2.24. The number of rotatable bonds is 4. The first-order chi connectivity index (χ1) is 12.8. The Labute approximate surface area is 162 Å². The lowest BCUT2D eigenvalue weighted by atomic mass is 10.0. The van der Waals surface area contributed by atoms with Crippen molar-refractivity contribution in [3.8, 4) is 0 Å². The van der Waals surface area contributed by atoms with E-state index < -0.39 is 17.3 Å². The number of aromatic nitrogens is 4. The molecule has 0 radical (unpaired) electrons. The average Bonchev–Trinajstić information content (AvgIpc) is 2.60. The maximum absolute atomic E-state index is 13.7. The molecule has 1 amide bonds. The minimum atomic E-state index is -0.750. The predicted octanol–water partition coefficient (Wildman–Crippen LogP) is 3.16. The number of benzene rings is 1. The standard InChI is InChI=1S/C18H17BrFN5O2/c1-9(2)16-13-6-11(19)4-5-12(13)18(27)25(24-16)8-15(26)23-17-14(20)7-21-10(3)22-17/h4-7,9H,8H2,1-3H3,(H,21,22,23,26). The molecule has 0 saturated heterocycles. The molecule has 7 nitrogen and oxygen atoms in total. The van der Waals surface area contributed by atoms with Gasteiger partial charge in [0, 0.05) is 9.86 Å². The summed E-state index contributed by atoms with van der Waals surface area (Å²) >= 11 is 3.40. The molecule has 0 aliphatic heterocycles. The summed E-state index contributed by atoms with van der Waals surface area (Å²) in [6.07, 6.45) is 0.979. The number of halogens is 2. The fourth-order valence-corrected chi connectivity index (χ4v) is 3.03. The molecule has 0 atom stereocenters. The quantitative estimate of drug-likeness (QED) is 0.682. The van der Waals surface area contributed by atoms with Gasteiger partial charge in [-0.2, -0.15) is 5.10 Å². The van der Waals surface area contributed by atoms with Crippen molar-refractivity contribution in [2.24, 2.45) is 0 Å². The van der Waals surface area contributed by atoms with Crippen molar-refractivity contribution in [1.29, 1.82) is 0 Å². The molecule has 9 heteroatoms. The largest absolute Gasteiger partial charge is 0.307 e. The monoisotopic (exact) mass is 433 g/mol. The fourth-order valence-electron chi connectivity index (χ4n) is 2.67. The van der Waals surface area contributed by atoms with E-state index in [-0.39, 0.29) is 18.3 Å². The summed E-state index contributed by atoms with van der Waals surface area (Å²) in [6, 6.07) is 5.29. The van der Waals surface area contributed by atoms with Gasteiger partial charge in [-0.1, -0.05) is 29.8 Å². The normalized spacial score (nSPS) is 11.2. The van der Waals surface area contributed by atoms with Gasteiger partial charge >= 0.3 is 0 Å². The molecule has 1 aromatic carbocycles. The smallest absolute Gasteiger partial charge is 0.275 e. The van der Waals surface area contributed by atoms with Gasteiger partial charge in [0.05, 0.1) is 17.3 Å². The molecule has 3 aromatic rings. The Hall–Kier alpha value is -2.68. The van der Waals surface area contributed by atoms with Crippen molar-refractivity contribution < 1.29 is 9.18 Å². The van der Waals surface area contributed by atoms with E-state index in [0.717, 1.165) is 20.7 Å². The van der Waals surface area contributed by atoms with E-state index in [0.29, 0.717) is 16.9 Å². The number of amides is 1. The first-order valence-electron chi connectivity index (χ1n) is 8.25. The molecule has 27 heavy (non-hydrogen) atoms. The summed E-state index contributed by atoms with van der Waals surface area (Å²) in [6.45, 7) is 5.14. The van der Waals surface area contributed by atoms with Crippen molar-refractivity contribution in [3.63, 3.8) is 0 Å². The molecule has 0 aliphatic carbocycles. The van der Waals surface area contributed by atoms with Gasteiger partial charge in [0.15, 0.2) is 11.6 Å². The van der Waals surface area contributed by atoms with Gasteiger partial charge in [0.2, 0.25) is 5.91 Å². The second kappa shape index (κ2) is 7.51. The molecule has 0 spiro atoms. The molecule has 0 bridgehead atoms. The number of anilines is 1. The molecule has 0 unspecified atom stereocenters. The third-order valence-electron chi connectivity index (χ3n) is 3.91. The number of nitrogens with one attached hydrogen (secondary N) is 1. The number of nitrogens with zero attached hydrogens (tertiary/aromatic N) is 4. The summed E-state index contributed by atoms with van der Waals surface area (Å²) in [7, 11) is 0. The van der Waals surface area contributed by atoms with E-state index in [2.05, 4.69) is 36.3 Å². The lowest BCUT2D eigenvalue weighted by Gasteiger charge is -2.13. The van der Waals surface area contributed by atoms with Gasteiger partial charge in [-0.05, 0) is 31.0 Å². The topological polar surface area (TPSA) is 89.8 Å². The zero-order chi connectivity index (χ0) is 19.7. The zero-order valence-electron chi connectivity index (χ0n) is 15.0. The maximum atomic E-state index is 13.7. The van der Waals surface area contributed by atoms with Crippen LogP contribution in [0.25, 0.3) is 10.8 Å². The third kappa shape index (κ3) is 4.02. The molecule has 2 aromatic heterocycles. The number of hydrogen-bond acceptors (Lipinski definition) is 5. The van der Waals surface area contributed by atoms with Crippen LogP contribution in [0.2, 0.25) is 0 Å². The summed E-state index contributed by atoms with van der Waals surface area (Å²) in [5, 5.41) is 7.92. The second-order valence-corrected chi connectivity index (χ2v) is 7.27. The fraction of sp³-hybridized carbons (Fsp3) is 0.278. The Morgan fingerprint density at radius 3 is 2.78 bits per heavy atom. The Balaban J connectivity index is 1.98. The van der Waals surface area contributed by atoms with Crippen LogP contribution in [0.5, 0.6) is 0 Å². The molecule has 0 aliphatic rings. The van der Waals surface area contributed by atoms with Crippen LogP contribution in [-0.2, 0) is 11.3 Å². The highest BCUT2D eigenvalue weighted by molar-refractivity contribution is 9.10. The summed E-state index contributed by atoms with van der Waals surface area (Å²) in [5.41, 5.74) is 0.305. The lowest BCUT2D eigenvalue weighted by Crippen LogP contribution is -2.31. The molecule has 1 N–H and O–H groups in total. The lowest BCUT2D eigenvalue weighted by molar-refractivity contribution is -0.117. The predicted molar refractivity (Wildman–Crippen MR) is 103 cm³/mol. The van der Waals surface area contributed by atoms with Crippen LogP contribution in [-0.4, -0.2) is 25.7 Å². The van der Waals surface area contributed by atoms with E-state index in [1.807, 2.05) is 19.9 Å². The molecule has 0 saturated carbocycles. The van der Waals surface area contributed by atoms with Crippen molar-refractivity contribution in [3.05, 3.63) is 56.6 Å². The molecule has 140 valence electrons. The van der Waals surface area contributed by atoms with Crippen LogP contribution in [0.3, 0.4) is 0 Å². The van der Waals surface area contributed by atoms with Crippen LogP contribution in [0, 0.1) is 12.7 Å². The molecule has 2 heterocycles. The van der Waals surface area contributed by atoms with Crippen molar-refractivity contribution in [2.75, 3.05) is 5.32 Å². The number of carbonyl (C=O) groups excluding carboxylic acids is 1. The molecular formula is C18H17BrFN5O2. The minimum Gasteiger partial charge on any atom is -0.307 e. The van der Waals surface area contributed by atoms with Crippen molar-refractivity contribution >= 4 is 38.4 Å². The van der Waals surface area contributed by atoms with Gasteiger partial charge < -0.3 is 5.32 Å². The van der Waals surface area contributed by atoms with E-state index in [4.69, 9.17) is 0 Å². The summed E-state index contributed by atoms with van der Waals surface area (Å²) in [5.74, 6) is -1.22. The van der Waals surface area contributed by atoms with Gasteiger partial charge in [-0.15, -0.1) is 0 Å². The van der Waals surface area contributed by atoms with Crippen molar-refractivity contribution in [1.82, 2.24) is 19.7 Å². The second-order valence-electron chi connectivity index (χ2n) is 6.35. The first-order valence-corrected chi connectivity index (χ1v) is 9.05. The van der Waals surface area contributed by atoms with E-state index in [9.17, 15) is 14.0 Å². The van der Waals surface area contributed by atoms with Gasteiger partial charge in [0.1, 0.15) is 12.4 Å². The van der Waals surface area contributed by atoms with Crippen molar-refractivity contribution in [2.45, 2.75) is 33.2 Å². The minimum absolute atomic E-state index is 0.0404. The SMILES string of the molecule is Cc1ncc(F)c(NC(=O)Cn2nc(C(C)C)c3cc(Br)ccc3c2=O)n1. The highest BCUT2D eigenvalue weighted by Gasteiger charge is 2.16. The highest BCUT2D eigenvalue weighted by atomic mass is 79.9. The Morgan fingerprint density at radius 1 is 1.33 bits per heavy atom. The van der Waals surface area contributed by atoms with Crippen LogP contribution in [0.15, 0.2) is 33.7 Å². The molecule has 0 fully saturated rings. The zero-order valence-corrected chi connectivity index (χ0v) is 16.5.